The van der Waals surface area contributed by atoms with E-state index in [1.165, 1.54) is 19.3 Å². The van der Waals surface area contributed by atoms with Crippen molar-refractivity contribution in [2.45, 2.75) is 50.7 Å². The summed E-state index contributed by atoms with van der Waals surface area (Å²) in [6.07, 6.45) is 5.58. The van der Waals surface area contributed by atoms with Crippen LogP contribution in [0.25, 0.3) is 0 Å². The molecule has 132 valence electrons. The molecule has 0 amide bonds. The van der Waals surface area contributed by atoms with E-state index in [-0.39, 0.29) is 6.04 Å². The number of aliphatic carboxylic acids is 1. The summed E-state index contributed by atoms with van der Waals surface area (Å²) in [6.45, 7) is 1.81. The highest BCUT2D eigenvalue weighted by Gasteiger charge is 2.44. The quantitative estimate of drug-likeness (QED) is 0.778. The predicted molar refractivity (Wildman–Crippen MR) is 91.1 cm³/mol. The minimum Gasteiger partial charge on any atom is -0.491 e. The van der Waals surface area contributed by atoms with Gasteiger partial charge in [0.1, 0.15) is 18.4 Å². The first-order chi connectivity index (χ1) is 11.7. The van der Waals surface area contributed by atoms with Crippen molar-refractivity contribution >= 4 is 5.97 Å². The first-order valence-electron chi connectivity index (χ1n) is 8.88. The molecule has 3 atom stereocenters. The Bertz CT molecular complexity index is 545. The predicted octanol–water partition coefficient (Wildman–Crippen LogP) is 2.93. The van der Waals surface area contributed by atoms with Gasteiger partial charge in [-0.3, -0.25) is 9.69 Å². The van der Waals surface area contributed by atoms with Crippen LogP contribution in [-0.2, 0) is 16.1 Å². The van der Waals surface area contributed by atoms with Crippen molar-refractivity contribution in [3.8, 4) is 5.75 Å². The molecule has 2 aliphatic rings. The van der Waals surface area contributed by atoms with Crippen molar-refractivity contribution in [3.05, 3.63) is 29.8 Å². The third-order valence-corrected chi connectivity index (χ3v) is 5.35. The first kappa shape index (κ1) is 17.2. The lowest BCUT2D eigenvalue weighted by Crippen LogP contribution is -2.41. The molecule has 0 spiro atoms. The highest BCUT2D eigenvalue weighted by atomic mass is 16.5. The summed E-state index contributed by atoms with van der Waals surface area (Å²) < 4.78 is 10.6. The van der Waals surface area contributed by atoms with Crippen LogP contribution >= 0.6 is 0 Å². The van der Waals surface area contributed by atoms with Gasteiger partial charge in [-0.25, -0.2) is 0 Å². The molecule has 1 aromatic rings. The van der Waals surface area contributed by atoms with Crippen LogP contribution < -0.4 is 4.74 Å². The van der Waals surface area contributed by atoms with Gasteiger partial charge in [0, 0.05) is 19.7 Å². The molecule has 0 radical (unpaired) electrons. The molecule has 1 aliphatic carbocycles. The number of fused-ring (bicyclic) bond motifs is 1. The Morgan fingerprint density at radius 3 is 2.67 bits per heavy atom. The minimum absolute atomic E-state index is 0.337. The normalized spacial score (nSPS) is 27.0. The number of carboxylic acids is 1. The van der Waals surface area contributed by atoms with Crippen molar-refractivity contribution in [2.75, 3.05) is 20.3 Å². The Labute approximate surface area is 143 Å². The number of likely N-dealkylation sites (tertiary alicyclic amines) is 1. The molecular weight excluding hydrogens is 306 g/mol. The lowest BCUT2D eigenvalue weighted by Gasteiger charge is -2.33. The molecule has 5 nitrogen and oxygen atoms in total. The van der Waals surface area contributed by atoms with Gasteiger partial charge in [-0.1, -0.05) is 25.0 Å². The Balaban J connectivity index is 1.65. The Morgan fingerprint density at radius 1 is 1.21 bits per heavy atom. The van der Waals surface area contributed by atoms with Crippen LogP contribution in [0.15, 0.2) is 24.3 Å². The third kappa shape index (κ3) is 3.90. The fourth-order valence-corrected chi connectivity index (χ4v) is 4.17. The number of methoxy groups -OCH3 is 1. The van der Waals surface area contributed by atoms with Gasteiger partial charge in [-0.2, -0.15) is 0 Å². The lowest BCUT2D eigenvalue weighted by atomic mass is 9.84. The van der Waals surface area contributed by atoms with Crippen molar-refractivity contribution in [3.63, 3.8) is 0 Å². The van der Waals surface area contributed by atoms with Crippen LogP contribution in [0.4, 0.5) is 0 Å². The standard InChI is InChI=1S/C19H27NO4/c1-23-10-11-24-16-8-6-14(7-9-16)13-20-17-5-3-2-4-15(17)12-18(20)19(21)22/h6-9,15,17-18H,2-5,10-13H2,1H3,(H,21,22). The topological polar surface area (TPSA) is 59.0 Å². The smallest absolute Gasteiger partial charge is 0.320 e. The molecule has 0 bridgehead atoms. The van der Waals surface area contributed by atoms with Crippen LogP contribution in [-0.4, -0.2) is 48.4 Å². The fourth-order valence-electron chi connectivity index (χ4n) is 4.17. The Kier molecular flexibility index (Phi) is 5.74. The maximum absolute atomic E-state index is 11.7. The van der Waals surface area contributed by atoms with E-state index in [0.717, 1.165) is 24.2 Å². The summed E-state index contributed by atoms with van der Waals surface area (Å²) in [5, 5.41) is 9.60. The van der Waals surface area contributed by atoms with E-state index in [4.69, 9.17) is 9.47 Å². The van der Waals surface area contributed by atoms with Gasteiger partial charge in [0.2, 0.25) is 0 Å². The molecule has 1 saturated carbocycles. The van der Waals surface area contributed by atoms with Gasteiger partial charge in [0.15, 0.2) is 0 Å². The summed E-state index contributed by atoms with van der Waals surface area (Å²) in [5.74, 6) is 0.697. The molecule has 1 heterocycles. The molecule has 1 saturated heterocycles. The molecule has 1 N–H and O–H groups in total. The molecular formula is C19H27NO4. The number of carboxylic acid groups (broad SMARTS) is 1. The molecule has 1 aromatic carbocycles. The Hall–Kier alpha value is -1.59. The van der Waals surface area contributed by atoms with Gasteiger partial charge in [-0.15, -0.1) is 0 Å². The van der Waals surface area contributed by atoms with Gasteiger partial charge in [-0.05, 0) is 42.9 Å². The number of nitrogens with zero attached hydrogens (tertiary/aromatic N) is 1. The first-order valence-corrected chi connectivity index (χ1v) is 8.88. The maximum Gasteiger partial charge on any atom is 0.320 e. The molecule has 0 aromatic heterocycles. The van der Waals surface area contributed by atoms with Crippen molar-refractivity contribution in [1.82, 2.24) is 4.90 Å². The number of hydrogen-bond acceptors (Lipinski definition) is 4. The number of hydrogen-bond donors (Lipinski definition) is 1. The fraction of sp³-hybridized carbons (Fsp3) is 0.632. The molecule has 3 unspecified atom stereocenters. The molecule has 5 heteroatoms. The van der Waals surface area contributed by atoms with Gasteiger partial charge >= 0.3 is 5.97 Å². The molecule has 1 aliphatic heterocycles. The van der Waals surface area contributed by atoms with Crippen LogP contribution in [0.1, 0.15) is 37.7 Å². The largest absolute Gasteiger partial charge is 0.491 e. The number of rotatable bonds is 7. The average Bonchev–Trinajstić information content (AvgIpc) is 2.96. The highest BCUT2D eigenvalue weighted by molar-refractivity contribution is 5.74. The van der Waals surface area contributed by atoms with Crippen LogP contribution in [0, 0.1) is 5.92 Å². The van der Waals surface area contributed by atoms with E-state index >= 15 is 0 Å². The monoisotopic (exact) mass is 333 g/mol. The number of carbonyl (C=O) groups is 1. The molecule has 24 heavy (non-hydrogen) atoms. The van der Waals surface area contributed by atoms with Crippen LogP contribution in [0.2, 0.25) is 0 Å². The summed E-state index contributed by atoms with van der Waals surface area (Å²) >= 11 is 0. The summed E-state index contributed by atoms with van der Waals surface area (Å²) in [7, 11) is 1.65. The second kappa shape index (κ2) is 7.99. The van der Waals surface area contributed by atoms with Gasteiger partial charge in [0.25, 0.3) is 0 Å². The summed E-state index contributed by atoms with van der Waals surface area (Å²) in [6, 6.07) is 8.08. The SMILES string of the molecule is COCCOc1ccc(CN2C(C(=O)O)CC3CCCCC32)cc1. The molecule has 2 fully saturated rings. The van der Waals surface area contributed by atoms with E-state index < -0.39 is 5.97 Å². The lowest BCUT2D eigenvalue weighted by molar-refractivity contribution is -0.142. The zero-order valence-corrected chi connectivity index (χ0v) is 14.3. The zero-order valence-electron chi connectivity index (χ0n) is 14.3. The second-order valence-electron chi connectivity index (χ2n) is 6.86. The van der Waals surface area contributed by atoms with Crippen molar-refractivity contribution < 1.29 is 19.4 Å². The number of ether oxygens (including phenoxy) is 2. The summed E-state index contributed by atoms with van der Waals surface area (Å²) in [4.78, 5) is 13.9. The van der Waals surface area contributed by atoms with E-state index in [0.29, 0.717) is 31.7 Å². The van der Waals surface area contributed by atoms with Crippen LogP contribution in [0.3, 0.4) is 0 Å². The maximum atomic E-state index is 11.7. The molecule has 3 rings (SSSR count). The van der Waals surface area contributed by atoms with Crippen molar-refractivity contribution in [2.24, 2.45) is 5.92 Å². The third-order valence-electron chi connectivity index (χ3n) is 5.35. The zero-order chi connectivity index (χ0) is 16.9. The summed E-state index contributed by atoms with van der Waals surface area (Å²) in [5.41, 5.74) is 1.14. The highest BCUT2D eigenvalue weighted by Crippen LogP contribution is 2.40. The minimum atomic E-state index is -0.677. The van der Waals surface area contributed by atoms with Crippen molar-refractivity contribution in [1.29, 1.82) is 0 Å². The van der Waals surface area contributed by atoms with E-state index in [1.807, 2.05) is 24.3 Å². The Morgan fingerprint density at radius 2 is 1.96 bits per heavy atom. The second-order valence-corrected chi connectivity index (χ2v) is 6.86. The van der Waals surface area contributed by atoms with Crippen LogP contribution in [0.5, 0.6) is 5.75 Å². The van der Waals surface area contributed by atoms with E-state index in [2.05, 4.69) is 4.90 Å². The number of benzene rings is 1. The van der Waals surface area contributed by atoms with E-state index in [9.17, 15) is 9.90 Å². The van der Waals surface area contributed by atoms with Gasteiger partial charge < -0.3 is 14.6 Å². The average molecular weight is 333 g/mol. The van der Waals surface area contributed by atoms with Gasteiger partial charge in [0.05, 0.1) is 6.61 Å². The van der Waals surface area contributed by atoms with E-state index in [1.54, 1.807) is 7.11 Å².